The fourth-order valence-corrected chi connectivity index (χ4v) is 2.38. The Morgan fingerprint density at radius 2 is 1.80 bits per heavy atom. The maximum atomic E-state index is 12.1. The van der Waals surface area contributed by atoms with E-state index in [1.165, 1.54) is 5.56 Å². The Balaban J connectivity index is 2.71. The van der Waals surface area contributed by atoms with E-state index in [0.29, 0.717) is 5.56 Å². The molecule has 0 bridgehead atoms. The van der Waals surface area contributed by atoms with Crippen LogP contribution >= 0.6 is 35.0 Å². The molecule has 1 N–H and O–H groups in total. The van der Waals surface area contributed by atoms with Crippen molar-refractivity contribution in [2.75, 3.05) is 11.8 Å². The zero-order valence-electron chi connectivity index (χ0n) is 11.6. The van der Waals surface area contributed by atoms with Crippen LogP contribution in [0.15, 0.2) is 24.3 Å². The van der Waals surface area contributed by atoms with Crippen molar-refractivity contribution < 1.29 is 4.79 Å². The van der Waals surface area contributed by atoms with Crippen LogP contribution in [0.4, 0.5) is 0 Å². The summed E-state index contributed by atoms with van der Waals surface area (Å²) in [6.07, 6.45) is 2.07. The molecule has 0 aliphatic carbocycles. The molecule has 0 unspecified atom stereocenters. The highest BCUT2D eigenvalue weighted by atomic mass is 35.5. The first-order chi connectivity index (χ1) is 9.46. The minimum absolute atomic E-state index is 0.204. The molecule has 0 radical (unpaired) electrons. The maximum Gasteiger partial charge on any atom is 0.266 e. The van der Waals surface area contributed by atoms with Crippen molar-refractivity contribution in [1.82, 2.24) is 9.95 Å². The van der Waals surface area contributed by atoms with Crippen LogP contribution in [-0.4, -0.2) is 27.7 Å². The summed E-state index contributed by atoms with van der Waals surface area (Å²) in [5.74, 6) is 0.121. The van der Waals surface area contributed by atoms with Gasteiger partial charge in [0.15, 0.2) is 0 Å². The van der Waals surface area contributed by atoms with E-state index in [0.717, 1.165) is 17.4 Å². The molecule has 0 saturated carbocycles. The van der Waals surface area contributed by atoms with Crippen molar-refractivity contribution in [3.63, 3.8) is 0 Å². The Kier molecular flexibility index (Phi) is 7.10. The van der Waals surface area contributed by atoms with E-state index in [9.17, 15) is 4.79 Å². The molecular formula is C14H19Cl3N2O. The highest BCUT2D eigenvalue weighted by Crippen LogP contribution is 2.19. The van der Waals surface area contributed by atoms with Gasteiger partial charge in [0, 0.05) is 29.1 Å². The van der Waals surface area contributed by atoms with Gasteiger partial charge in [-0.25, -0.2) is 0 Å². The molecule has 0 aliphatic rings. The lowest BCUT2D eigenvalue weighted by atomic mass is 10.1. The van der Waals surface area contributed by atoms with Crippen molar-refractivity contribution in [2.24, 2.45) is 0 Å². The summed E-state index contributed by atoms with van der Waals surface area (Å²) in [5, 5.41) is 0. The van der Waals surface area contributed by atoms with Crippen molar-refractivity contribution >= 4 is 40.9 Å². The van der Waals surface area contributed by atoms with Gasteiger partial charge in [0.1, 0.15) is 0 Å². The SMILES string of the molecule is CCCc1ccc(C(=O)NN(Cl)C(C)(CCl)CCl)cc1. The number of amides is 1. The van der Waals surface area contributed by atoms with E-state index in [-0.39, 0.29) is 17.7 Å². The van der Waals surface area contributed by atoms with Crippen molar-refractivity contribution in [2.45, 2.75) is 32.2 Å². The molecule has 1 aromatic carbocycles. The average Bonchev–Trinajstić information content (AvgIpc) is 2.47. The van der Waals surface area contributed by atoms with Gasteiger partial charge in [-0.2, -0.15) is 0 Å². The number of nitrogens with one attached hydrogen (secondary N) is 1. The molecule has 0 spiro atoms. The number of benzene rings is 1. The second kappa shape index (κ2) is 8.08. The predicted molar refractivity (Wildman–Crippen MR) is 85.4 cm³/mol. The smallest absolute Gasteiger partial charge is 0.266 e. The summed E-state index contributed by atoms with van der Waals surface area (Å²) in [7, 11) is 0. The number of rotatable bonds is 7. The number of hydrogen-bond acceptors (Lipinski definition) is 2. The number of hydrogen-bond donors (Lipinski definition) is 1. The normalized spacial score (nSPS) is 11.7. The fourth-order valence-electron chi connectivity index (χ4n) is 1.54. The lowest BCUT2D eigenvalue weighted by Gasteiger charge is -2.32. The lowest BCUT2D eigenvalue weighted by Crippen LogP contribution is -2.52. The van der Waals surface area contributed by atoms with Gasteiger partial charge in [-0.05, 0) is 31.0 Å². The van der Waals surface area contributed by atoms with Crippen LogP contribution in [0.5, 0.6) is 0 Å². The second-order valence-corrected chi connectivity index (χ2v) is 5.81. The molecule has 6 heteroatoms. The number of carbonyl (C=O) groups excluding carboxylic acids is 1. The number of carbonyl (C=O) groups is 1. The van der Waals surface area contributed by atoms with E-state index >= 15 is 0 Å². The fraction of sp³-hybridized carbons (Fsp3) is 0.500. The van der Waals surface area contributed by atoms with E-state index in [1.807, 2.05) is 12.1 Å². The Morgan fingerprint density at radius 3 is 2.25 bits per heavy atom. The van der Waals surface area contributed by atoms with E-state index in [4.69, 9.17) is 35.0 Å². The number of halogens is 3. The van der Waals surface area contributed by atoms with Crippen LogP contribution in [0, 0.1) is 0 Å². The highest BCUT2D eigenvalue weighted by molar-refractivity contribution is 6.23. The molecule has 112 valence electrons. The van der Waals surface area contributed by atoms with Crippen LogP contribution in [0.1, 0.15) is 36.2 Å². The first-order valence-electron chi connectivity index (χ1n) is 6.44. The van der Waals surface area contributed by atoms with Crippen molar-refractivity contribution in [1.29, 1.82) is 0 Å². The Hall–Kier alpha value is -0.480. The van der Waals surface area contributed by atoms with Gasteiger partial charge in [0.05, 0.1) is 5.54 Å². The average molecular weight is 338 g/mol. The van der Waals surface area contributed by atoms with Gasteiger partial charge in [-0.1, -0.05) is 25.5 Å². The maximum absolute atomic E-state index is 12.1. The Morgan fingerprint density at radius 1 is 1.25 bits per heavy atom. The van der Waals surface area contributed by atoms with Gasteiger partial charge >= 0.3 is 0 Å². The predicted octanol–water partition coefficient (Wildman–Crippen LogP) is 3.98. The molecule has 20 heavy (non-hydrogen) atoms. The zero-order chi connectivity index (χ0) is 15.2. The van der Waals surface area contributed by atoms with Gasteiger partial charge in [0.25, 0.3) is 5.91 Å². The van der Waals surface area contributed by atoms with Gasteiger partial charge < -0.3 is 0 Å². The summed E-state index contributed by atoms with van der Waals surface area (Å²) in [6, 6.07) is 7.45. The third-order valence-electron chi connectivity index (χ3n) is 3.00. The summed E-state index contributed by atoms with van der Waals surface area (Å²) < 4.78 is 1.15. The van der Waals surface area contributed by atoms with Crippen molar-refractivity contribution in [3.8, 4) is 0 Å². The number of nitrogens with zero attached hydrogens (tertiary/aromatic N) is 1. The van der Waals surface area contributed by atoms with Gasteiger partial charge in [0.2, 0.25) is 0 Å². The van der Waals surface area contributed by atoms with E-state index < -0.39 is 5.54 Å². The van der Waals surface area contributed by atoms with Crippen LogP contribution in [-0.2, 0) is 6.42 Å². The second-order valence-electron chi connectivity index (χ2n) is 4.93. The largest absolute Gasteiger partial charge is 0.270 e. The quantitative estimate of drug-likeness (QED) is 0.464. The van der Waals surface area contributed by atoms with E-state index in [2.05, 4.69) is 12.3 Å². The molecule has 0 aromatic heterocycles. The summed E-state index contributed by atoms with van der Waals surface area (Å²) >= 11 is 17.7. The van der Waals surface area contributed by atoms with E-state index in [1.54, 1.807) is 19.1 Å². The molecule has 1 rings (SSSR count). The molecular weight excluding hydrogens is 319 g/mol. The number of hydrazine groups is 1. The molecule has 0 saturated heterocycles. The number of alkyl halides is 2. The zero-order valence-corrected chi connectivity index (χ0v) is 13.9. The number of aryl methyl sites for hydroxylation is 1. The Bertz CT molecular complexity index is 433. The molecule has 1 amide bonds. The molecule has 0 fully saturated rings. The summed E-state index contributed by atoms with van der Waals surface area (Å²) in [4.78, 5) is 12.1. The molecule has 0 atom stereocenters. The minimum Gasteiger partial charge on any atom is -0.270 e. The van der Waals surface area contributed by atoms with Crippen LogP contribution in [0.25, 0.3) is 0 Å². The Labute approximate surface area is 135 Å². The lowest BCUT2D eigenvalue weighted by molar-refractivity contribution is 0.0812. The monoisotopic (exact) mass is 336 g/mol. The third kappa shape index (κ3) is 4.52. The van der Waals surface area contributed by atoms with Crippen LogP contribution in [0.3, 0.4) is 0 Å². The molecule has 0 heterocycles. The highest BCUT2D eigenvalue weighted by Gasteiger charge is 2.31. The topological polar surface area (TPSA) is 32.3 Å². The van der Waals surface area contributed by atoms with Gasteiger partial charge in [-0.15, -0.1) is 27.7 Å². The van der Waals surface area contributed by atoms with Crippen LogP contribution in [0.2, 0.25) is 0 Å². The molecule has 3 nitrogen and oxygen atoms in total. The van der Waals surface area contributed by atoms with Crippen molar-refractivity contribution in [3.05, 3.63) is 35.4 Å². The van der Waals surface area contributed by atoms with Gasteiger partial charge in [-0.3, -0.25) is 10.2 Å². The minimum atomic E-state index is -0.706. The van der Waals surface area contributed by atoms with Crippen LogP contribution < -0.4 is 5.43 Å². The molecule has 0 aliphatic heterocycles. The first-order valence-corrected chi connectivity index (χ1v) is 7.85. The third-order valence-corrected chi connectivity index (χ3v) is 4.65. The summed E-state index contributed by atoms with van der Waals surface area (Å²) in [6.45, 7) is 3.88. The molecule has 1 aromatic rings. The summed E-state index contributed by atoms with van der Waals surface area (Å²) in [5.41, 5.74) is 3.63. The standard InChI is InChI=1S/C14H19Cl3N2O/c1-3-4-11-5-7-12(8-6-11)13(20)18-19(17)14(2,9-15)10-16/h5-8H,3-4,9-10H2,1-2H3,(H,18,20). The first kappa shape index (κ1) is 17.6.